The van der Waals surface area contributed by atoms with Crippen LogP contribution in [-0.2, 0) is 9.53 Å². The molecule has 0 saturated heterocycles. The predicted molar refractivity (Wildman–Crippen MR) is 64.4 cm³/mol. The molecule has 3 nitrogen and oxygen atoms in total. The number of ether oxygens (including phenoxy) is 1. The van der Waals surface area contributed by atoms with Crippen LogP contribution in [0.25, 0.3) is 0 Å². The highest BCUT2D eigenvalue weighted by atomic mass is 79.9. The first-order chi connectivity index (χ1) is 8.29. The molecule has 1 N–H and O–H groups in total. The number of hydrogen-bond donors (Lipinski definition) is 1. The summed E-state index contributed by atoms with van der Waals surface area (Å²) in [5.41, 5.74) is 1.40. The van der Waals surface area contributed by atoms with Crippen molar-refractivity contribution in [3.63, 3.8) is 0 Å². The lowest BCUT2D eigenvalue weighted by molar-refractivity contribution is -0.174. The molecule has 1 aromatic rings. The Kier molecular flexibility index (Phi) is 5.15. The zero-order valence-electron chi connectivity index (χ0n) is 9.47. The van der Waals surface area contributed by atoms with Crippen molar-refractivity contribution in [2.24, 2.45) is 0 Å². The summed E-state index contributed by atoms with van der Waals surface area (Å²) in [5.74, 6) is -0.634. The minimum absolute atomic E-state index is 0.496. The van der Waals surface area contributed by atoms with Crippen molar-refractivity contribution >= 4 is 27.5 Å². The van der Waals surface area contributed by atoms with Gasteiger partial charge in [0.2, 0.25) is 5.91 Å². The lowest BCUT2D eigenvalue weighted by Gasteiger charge is -2.10. The van der Waals surface area contributed by atoms with Crippen molar-refractivity contribution in [1.82, 2.24) is 0 Å². The van der Waals surface area contributed by atoms with E-state index in [-0.39, 0.29) is 0 Å². The lowest BCUT2D eigenvalue weighted by atomic mass is 10.2. The molecule has 0 unspecified atom stereocenters. The smallest absolute Gasteiger partial charge is 0.362 e. The fraction of sp³-hybridized carbons (Fsp3) is 0.364. The molecule has 0 aliphatic rings. The Hall–Kier alpha value is -1.08. The third kappa shape index (κ3) is 5.05. The van der Waals surface area contributed by atoms with Gasteiger partial charge in [-0.15, -0.1) is 0 Å². The molecule has 0 aliphatic carbocycles. The van der Waals surface area contributed by atoms with Crippen molar-refractivity contribution in [2.45, 2.75) is 13.1 Å². The number of alkyl halides is 3. The van der Waals surface area contributed by atoms with Gasteiger partial charge in [0.25, 0.3) is 0 Å². The number of carbonyl (C=O) groups is 1. The van der Waals surface area contributed by atoms with E-state index in [9.17, 15) is 18.0 Å². The average Bonchev–Trinajstić information content (AvgIpc) is 2.23. The number of amides is 1. The zero-order chi connectivity index (χ0) is 13.8. The lowest BCUT2D eigenvalue weighted by Crippen LogP contribution is -2.24. The van der Waals surface area contributed by atoms with Crippen LogP contribution in [0.2, 0.25) is 0 Å². The number of rotatable bonds is 4. The van der Waals surface area contributed by atoms with Crippen molar-refractivity contribution in [3.8, 4) is 0 Å². The third-order valence-electron chi connectivity index (χ3n) is 1.96. The molecule has 0 aliphatic heterocycles. The molecular weight excluding hydrogens is 315 g/mol. The van der Waals surface area contributed by atoms with Gasteiger partial charge in [0.1, 0.15) is 13.2 Å². The van der Waals surface area contributed by atoms with Gasteiger partial charge in [-0.3, -0.25) is 4.79 Å². The van der Waals surface area contributed by atoms with Crippen molar-refractivity contribution in [1.29, 1.82) is 0 Å². The Morgan fingerprint density at radius 1 is 1.44 bits per heavy atom. The second-order valence-corrected chi connectivity index (χ2v) is 4.39. The van der Waals surface area contributed by atoms with Crippen LogP contribution in [-0.4, -0.2) is 25.3 Å². The summed E-state index contributed by atoms with van der Waals surface area (Å²) in [6, 6.07) is 5.20. The van der Waals surface area contributed by atoms with Crippen LogP contribution in [0.15, 0.2) is 22.7 Å². The summed E-state index contributed by atoms with van der Waals surface area (Å²) in [7, 11) is 0. The highest BCUT2D eigenvalue weighted by Crippen LogP contribution is 2.25. The van der Waals surface area contributed by atoms with Crippen LogP contribution in [0.5, 0.6) is 0 Å². The van der Waals surface area contributed by atoms with Gasteiger partial charge in [-0.2, -0.15) is 13.2 Å². The van der Waals surface area contributed by atoms with E-state index in [1.165, 1.54) is 0 Å². The highest BCUT2D eigenvalue weighted by molar-refractivity contribution is 9.10. The van der Waals surface area contributed by atoms with Gasteiger partial charge >= 0.3 is 6.18 Å². The third-order valence-corrected chi connectivity index (χ3v) is 3.02. The van der Waals surface area contributed by atoms with E-state index in [0.717, 1.165) is 5.56 Å². The number of anilines is 1. The van der Waals surface area contributed by atoms with Crippen molar-refractivity contribution in [2.75, 3.05) is 18.5 Å². The number of carbonyl (C=O) groups excluding carboxylic acids is 1. The summed E-state index contributed by atoms with van der Waals surface area (Å²) >= 11 is 3.27. The molecule has 7 heteroatoms. The summed E-state index contributed by atoms with van der Waals surface area (Å²) in [5, 5.41) is 2.46. The van der Waals surface area contributed by atoms with E-state index in [4.69, 9.17) is 0 Å². The van der Waals surface area contributed by atoms with Crippen LogP contribution in [0.1, 0.15) is 5.56 Å². The number of benzene rings is 1. The largest absolute Gasteiger partial charge is 0.411 e. The Morgan fingerprint density at radius 3 is 2.72 bits per heavy atom. The maximum absolute atomic E-state index is 11.8. The zero-order valence-corrected chi connectivity index (χ0v) is 11.1. The number of nitrogens with one attached hydrogen (secondary N) is 1. The average molecular weight is 326 g/mol. The van der Waals surface area contributed by atoms with Gasteiger partial charge in [0.15, 0.2) is 0 Å². The van der Waals surface area contributed by atoms with Crippen LogP contribution >= 0.6 is 15.9 Å². The quantitative estimate of drug-likeness (QED) is 0.922. The fourth-order valence-corrected chi connectivity index (χ4v) is 1.55. The van der Waals surface area contributed by atoms with Crippen LogP contribution < -0.4 is 5.32 Å². The highest BCUT2D eigenvalue weighted by Gasteiger charge is 2.27. The second-order valence-electron chi connectivity index (χ2n) is 3.59. The summed E-state index contributed by atoms with van der Waals surface area (Å²) in [6.45, 7) is -0.241. The minimum Gasteiger partial charge on any atom is -0.362 e. The Bertz CT molecular complexity index is 435. The topological polar surface area (TPSA) is 38.3 Å². The molecule has 0 spiro atoms. The molecular formula is C11H11BrF3NO2. The Balaban J connectivity index is 2.48. The van der Waals surface area contributed by atoms with Gasteiger partial charge in [0.05, 0.1) is 5.69 Å². The van der Waals surface area contributed by atoms with Gasteiger partial charge < -0.3 is 10.1 Å². The summed E-state index contributed by atoms with van der Waals surface area (Å²) < 4.78 is 40.3. The van der Waals surface area contributed by atoms with Gasteiger partial charge in [-0.05, 0) is 34.5 Å². The van der Waals surface area contributed by atoms with E-state index in [1.807, 2.05) is 13.0 Å². The molecule has 100 valence electrons. The van der Waals surface area contributed by atoms with E-state index >= 15 is 0 Å². The first kappa shape index (κ1) is 15.0. The molecule has 0 bridgehead atoms. The molecule has 1 rings (SSSR count). The molecule has 18 heavy (non-hydrogen) atoms. The van der Waals surface area contributed by atoms with Crippen LogP contribution in [0.3, 0.4) is 0 Å². The Labute approximate surface area is 110 Å². The molecule has 1 amide bonds. The summed E-state index contributed by atoms with van der Waals surface area (Å²) in [4.78, 5) is 11.3. The molecule has 0 heterocycles. The molecule has 0 atom stereocenters. The van der Waals surface area contributed by atoms with Crippen molar-refractivity contribution < 1.29 is 22.7 Å². The monoisotopic (exact) mass is 325 g/mol. The van der Waals surface area contributed by atoms with Crippen LogP contribution in [0.4, 0.5) is 18.9 Å². The standard InChI is InChI=1S/C11H11BrF3NO2/c1-7-3-2-4-8(10(7)12)16-9(17)5-18-6-11(13,14)15/h2-4H,5-6H2,1H3,(H,16,17). The number of halogens is 4. The predicted octanol–water partition coefficient (Wildman–Crippen LogP) is 3.27. The number of hydrogen-bond acceptors (Lipinski definition) is 2. The molecule has 1 aromatic carbocycles. The minimum atomic E-state index is -4.43. The van der Waals surface area contributed by atoms with E-state index in [2.05, 4.69) is 26.0 Å². The van der Waals surface area contributed by atoms with Crippen LogP contribution in [0, 0.1) is 6.92 Å². The van der Waals surface area contributed by atoms with Crippen molar-refractivity contribution in [3.05, 3.63) is 28.2 Å². The van der Waals surface area contributed by atoms with E-state index in [1.54, 1.807) is 12.1 Å². The fourth-order valence-electron chi connectivity index (χ4n) is 1.19. The first-order valence-corrected chi connectivity index (χ1v) is 5.78. The maximum atomic E-state index is 11.8. The van der Waals surface area contributed by atoms with Gasteiger partial charge in [-0.1, -0.05) is 12.1 Å². The van der Waals surface area contributed by atoms with Gasteiger partial charge in [-0.25, -0.2) is 0 Å². The summed E-state index contributed by atoms with van der Waals surface area (Å²) in [6.07, 6.45) is -4.43. The number of aryl methyl sites for hydroxylation is 1. The van der Waals surface area contributed by atoms with E-state index in [0.29, 0.717) is 10.2 Å². The Morgan fingerprint density at radius 2 is 2.11 bits per heavy atom. The molecule has 0 saturated carbocycles. The molecule has 0 radical (unpaired) electrons. The molecule has 0 aromatic heterocycles. The molecule has 0 fully saturated rings. The normalized spacial score (nSPS) is 11.4. The second kappa shape index (κ2) is 6.19. The van der Waals surface area contributed by atoms with E-state index < -0.39 is 25.3 Å². The first-order valence-electron chi connectivity index (χ1n) is 4.99. The SMILES string of the molecule is Cc1cccc(NC(=O)COCC(F)(F)F)c1Br. The van der Waals surface area contributed by atoms with Gasteiger partial charge in [0, 0.05) is 4.47 Å². The maximum Gasteiger partial charge on any atom is 0.411 e.